The summed E-state index contributed by atoms with van der Waals surface area (Å²) >= 11 is 0. The van der Waals surface area contributed by atoms with Crippen molar-refractivity contribution in [2.45, 2.75) is 39.2 Å². The minimum Gasteiger partial charge on any atom is -0.396 e. The van der Waals surface area contributed by atoms with Gasteiger partial charge in [-0.1, -0.05) is 19.1 Å². The third-order valence-electron chi connectivity index (χ3n) is 2.98. The number of aliphatic hydroxyl groups excluding tert-OH is 1. The second kappa shape index (κ2) is 4.10. The predicted octanol–water partition coefficient (Wildman–Crippen LogP) is 0.273. The molecule has 0 bridgehead atoms. The first kappa shape index (κ1) is 12.0. The molecule has 0 radical (unpaired) electrons. The van der Waals surface area contributed by atoms with Gasteiger partial charge in [-0.05, 0) is 12.8 Å². The van der Waals surface area contributed by atoms with Crippen molar-refractivity contribution in [2.75, 3.05) is 6.61 Å². The molecule has 1 heterocycles. The number of aromatic nitrogens is 3. The molecule has 1 aliphatic rings. The summed E-state index contributed by atoms with van der Waals surface area (Å²) in [5, 5.41) is 17.1. The number of hydrogen-bond acceptors (Lipinski definition) is 4. The van der Waals surface area contributed by atoms with Gasteiger partial charge in [-0.3, -0.25) is 4.79 Å². The molecule has 1 aromatic heterocycles. The fourth-order valence-electron chi connectivity index (χ4n) is 1.83. The molecule has 0 spiro atoms. The molecule has 17 heavy (non-hydrogen) atoms. The molecule has 0 atom stereocenters. The van der Waals surface area contributed by atoms with Crippen molar-refractivity contribution in [3.05, 3.63) is 11.4 Å². The van der Waals surface area contributed by atoms with Crippen LogP contribution in [0.1, 0.15) is 48.8 Å². The zero-order valence-corrected chi connectivity index (χ0v) is 10.2. The summed E-state index contributed by atoms with van der Waals surface area (Å²) in [6.45, 7) is 4.48. The van der Waals surface area contributed by atoms with Gasteiger partial charge in [-0.2, -0.15) is 0 Å². The average molecular weight is 238 g/mol. The van der Waals surface area contributed by atoms with E-state index < -0.39 is 5.91 Å². The Hall–Kier alpha value is -1.43. The van der Waals surface area contributed by atoms with E-state index in [9.17, 15) is 9.90 Å². The first-order valence-electron chi connectivity index (χ1n) is 5.78. The second-order valence-corrected chi connectivity index (χ2v) is 5.44. The highest BCUT2D eigenvalue weighted by molar-refractivity contribution is 5.92. The number of primary amides is 1. The lowest BCUT2D eigenvalue weighted by Gasteiger charge is -2.22. The molecule has 2 rings (SSSR count). The van der Waals surface area contributed by atoms with Gasteiger partial charge in [0.05, 0.1) is 12.2 Å². The van der Waals surface area contributed by atoms with E-state index in [-0.39, 0.29) is 17.7 Å². The highest BCUT2D eigenvalue weighted by atomic mass is 16.3. The molecule has 3 N–H and O–H groups in total. The zero-order chi connectivity index (χ0) is 12.6. The van der Waals surface area contributed by atoms with E-state index in [2.05, 4.69) is 10.3 Å². The lowest BCUT2D eigenvalue weighted by atomic mass is 9.95. The first-order valence-corrected chi connectivity index (χ1v) is 5.78. The van der Waals surface area contributed by atoms with Gasteiger partial charge in [-0.15, -0.1) is 5.10 Å². The molecule has 0 aliphatic heterocycles. The van der Waals surface area contributed by atoms with Crippen LogP contribution in [0.2, 0.25) is 0 Å². The summed E-state index contributed by atoms with van der Waals surface area (Å²) in [4.78, 5) is 11.3. The molecular formula is C11H18N4O2. The maximum atomic E-state index is 11.3. The summed E-state index contributed by atoms with van der Waals surface area (Å²) < 4.78 is 1.72. The van der Waals surface area contributed by atoms with Crippen LogP contribution in [0.3, 0.4) is 0 Å². The van der Waals surface area contributed by atoms with Crippen molar-refractivity contribution in [1.29, 1.82) is 0 Å². The van der Waals surface area contributed by atoms with Gasteiger partial charge in [0.2, 0.25) is 0 Å². The lowest BCUT2D eigenvalue weighted by Crippen LogP contribution is -2.26. The zero-order valence-electron chi connectivity index (χ0n) is 10.2. The molecule has 1 amide bonds. The Labute approximate surface area is 99.8 Å². The number of nitrogens with zero attached hydrogens (tertiary/aromatic N) is 3. The monoisotopic (exact) mass is 238 g/mol. The average Bonchev–Trinajstić information content (AvgIpc) is 3.00. The number of aliphatic hydroxyl groups is 1. The second-order valence-electron chi connectivity index (χ2n) is 5.44. The normalized spacial score (nSPS) is 16.2. The van der Waals surface area contributed by atoms with Crippen LogP contribution in [0.4, 0.5) is 0 Å². The van der Waals surface area contributed by atoms with Crippen LogP contribution in [0, 0.1) is 5.41 Å². The maximum Gasteiger partial charge on any atom is 0.271 e. The van der Waals surface area contributed by atoms with Crippen molar-refractivity contribution in [3.63, 3.8) is 0 Å². The van der Waals surface area contributed by atoms with E-state index >= 15 is 0 Å². The van der Waals surface area contributed by atoms with Crippen LogP contribution in [0.5, 0.6) is 0 Å². The van der Waals surface area contributed by atoms with Gasteiger partial charge in [-0.25, -0.2) is 4.68 Å². The highest BCUT2D eigenvalue weighted by Gasteiger charge is 2.34. The molecule has 1 aromatic rings. The number of carbonyl (C=O) groups is 1. The van der Waals surface area contributed by atoms with Crippen LogP contribution in [-0.4, -0.2) is 32.6 Å². The number of rotatable bonds is 5. The predicted molar refractivity (Wildman–Crippen MR) is 61.4 cm³/mol. The van der Waals surface area contributed by atoms with Crippen molar-refractivity contribution >= 4 is 5.91 Å². The largest absolute Gasteiger partial charge is 0.396 e. The topological polar surface area (TPSA) is 94.0 Å². The van der Waals surface area contributed by atoms with Crippen LogP contribution >= 0.6 is 0 Å². The molecular weight excluding hydrogens is 220 g/mol. The first-order chi connectivity index (χ1) is 7.94. The summed E-state index contributed by atoms with van der Waals surface area (Å²) in [5.74, 6) is -0.179. The Kier molecular flexibility index (Phi) is 2.91. The Balaban J connectivity index is 2.31. The minimum atomic E-state index is -0.528. The molecule has 1 saturated carbocycles. The SMILES string of the molecule is CC(C)(CO)Cn1nnc(C(N)=O)c1C1CC1. The van der Waals surface area contributed by atoms with Crippen molar-refractivity contribution in [2.24, 2.45) is 11.1 Å². The number of hydrogen-bond donors (Lipinski definition) is 2. The molecule has 0 saturated heterocycles. The fourth-order valence-corrected chi connectivity index (χ4v) is 1.83. The van der Waals surface area contributed by atoms with Crippen LogP contribution in [0.15, 0.2) is 0 Å². The molecule has 6 nitrogen and oxygen atoms in total. The van der Waals surface area contributed by atoms with E-state index in [1.807, 2.05) is 13.8 Å². The standard InChI is InChI=1S/C11H18N4O2/c1-11(2,6-16)5-15-9(7-3-4-7)8(10(12)17)13-14-15/h7,16H,3-6H2,1-2H3,(H2,12,17). The quantitative estimate of drug-likeness (QED) is 0.770. The Morgan fingerprint density at radius 3 is 2.71 bits per heavy atom. The summed E-state index contributed by atoms with van der Waals surface area (Å²) in [6.07, 6.45) is 2.10. The van der Waals surface area contributed by atoms with Crippen LogP contribution < -0.4 is 5.73 Å². The van der Waals surface area contributed by atoms with Gasteiger partial charge < -0.3 is 10.8 Å². The van der Waals surface area contributed by atoms with Gasteiger partial charge >= 0.3 is 0 Å². The van der Waals surface area contributed by atoms with Crippen molar-refractivity contribution in [3.8, 4) is 0 Å². The highest BCUT2D eigenvalue weighted by Crippen LogP contribution is 2.41. The molecule has 6 heteroatoms. The summed E-state index contributed by atoms with van der Waals surface area (Å²) in [7, 11) is 0. The van der Waals surface area contributed by atoms with E-state index in [1.54, 1.807) is 4.68 Å². The van der Waals surface area contributed by atoms with Crippen molar-refractivity contribution < 1.29 is 9.90 Å². The van der Waals surface area contributed by atoms with Gasteiger partial charge in [0, 0.05) is 17.9 Å². The van der Waals surface area contributed by atoms with Crippen LogP contribution in [0.25, 0.3) is 0 Å². The van der Waals surface area contributed by atoms with E-state index in [0.717, 1.165) is 18.5 Å². The van der Waals surface area contributed by atoms with E-state index in [4.69, 9.17) is 5.73 Å². The maximum absolute atomic E-state index is 11.3. The Bertz CT molecular complexity index is 435. The molecule has 0 aromatic carbocycles. The molecule has 1 fully saturated rings. The minimum absolute atomic E-state index is 0.0584. The van der Waals surface area contributed by atoms with Gasteiger partial charge in [0.1, 0.15) is 0 Å². The third kappa shape index (κ3) is 2.46. The summed E-state index contributed by atoms with van der Waals surface area (Å²) in [5.41, 5.74) is 6.11. The smallest absolute Gasteiger partial charge is 0.271 e. The van der Waals surface area contributed by atoms with Crippen LogP contribution in [-0.2, 0) is 6.54 Å². The molecule has 1 aliphatic carbocycles. The Morgan fingerprint density at radius 2 is 2.24 bits per heavy atom. The lowest BCUT2D eigenvalue weighted by molar-refractivity contribution is 0.0994. The third-order valence-corrected chi connectivity index (χ3v) is 2.98. The summed E-state index contributed by atoms with van der Waals surface area (Å²) in [6, 6.07) is 0. The van der Waals surface area contributed by atoms with Gasteiger partial charge in [0.25, 0.3) is 5.91 Å². The van der Waals surface area contributed by atoms with E-state index in [1.165, 1.54) is 0 Å². The van der Waals surface area contributed by atoms with Crippen molar-refractivity contribution in [1.82, 2.24) is 15.0 Å². The molecule has 94 valence electrons. The fraction of sp³-hybridized carbons (Fsp3) is 0.727. The Morgan fingerprint density at radius 1 is 1.59 bits per heavy atom. The number of nitrogens with two attached hydrogens (primary N) is 1. The number of amides is 1. The van der Waals surface area contributed by atoms with E-state index in [0.29, 0.717) is 12.5 Å². The molecule has 0 unspecified atom stereocenters. The van der Waals surface area contributed by atoms with Gasteiger partial charge in [0.15, 0.2) is 5.69 Å². The number of carbonyl (C=O) groups excluding carboxylic acids is 1.